The van der Waals surface area contributed by atoms with Gasteiger partial charge < -0.3 is 19.8 Å². The molecule has 0 saturated carbocycles. The molecule has 2 N–H and O–H groups in total. The summed E-state index contributed by atoms with van der Waals surface area (Å²) in [6, 6.07) is 3.76. The van der Waals surface area contributed by atoms with Crippen molar-refractivity contribution >= 4 is 17.4 Å². The number of ether oxygens (including phenoxy) is 2. The zero-order chi connectivity index (χ0) is 19.1. The van der Waals surface area contributed by atoms with Crippen LogP contribution in [-0.2, 0) is 12.8 Å². The van der Waals surface area contributed by atoms with Crippen molar-refractivity contribution in [2.24, 2.45) is 0 Å². The molecule has 1 amide bonds. The van der Waals surface area contributed by atoms with Crippen molar-refractivity contribution in [3.05, 3.63) is 40.2 Å². The SMILES string of the molecule is CCOc1cc2c(cc1NC(=O)c1[nH]c3c(c1C)C(=O)CCC3)OC(C)C2. The molecule has 6 nitrogen and oxygen atoms in total. The van der Waals surface area contributed by atoms with Crippen molar-refractivity contribution in [1.82, 2.24) is 4.98 Å². The van der Waals surface area contributed by atoms with Crippen molar-refractivity contribution in [3.8, 4) is 11.5 Å². The molecule has 0 saturated heterocycles. The van der Waals surface area contributed by atoms with Gasteiger partial charge in [0, 0.05) is 35.7 Å². The molecule has 1 atom stereocenters. The summed E-state index contributed by atoms with van der Waals surface area (Å²) in [5.74, 6) is 1.24. The molecule has 6 heteroatoms. The van der Waals surface area contributed by atoms with Crippen LogP contribution in [0, 0.1) is 6.92 Å². The maximum absolute atomic E-state index is 12.9. The van der Waals surface area contributed by atoms with E-state index in [4.69, 9.17) is 9.47 Å². The topological polar surface area (TPSA) is 80.4 Å². The highest BCUT2D eigenvalue weighted by atomic mass is 16.5. The number of aromatic nitrogens is 1. The second kappa shape index (κ2) is 6.76. The summed E-state index contributed by atoms with van der Waals surface area (Å²) in [5.41, 5.74) is 4.37. The molecule has 2 aromatic rings. The van der Waals surface area contributed by atoms with E-state index in [0.29, 0.717) is 35.7 Å². The van der Waals surface area contributed by atoms with Crippen LogP contribution in [0.3, 0.4) is 0 Å². The van der Waals surface area contributed by atoms with Gasteiger partial charge in [-0.15, -0.1) is 0 Å². The fourth-order valence-corrected chi connectivity index (χ4v) is 4.00. The molecule has 4 rings (SSSR count). The van der Waals surface area contributed by atoms with Crippen LogP contribution in [0.15, 0.2) is 12.1 Å². The summed E-state index contributed by atoms with van der Waals surface area (Å²) in [5, 5.41) is 2.93. The van der Waals surface area contributed by atoms with E-state index < -0.39 is 0 Å². The molecule has 1 unspecified atom stereocenters. The number of aryl methyl sites for hydroxylation is 1. The minimum Gasteiger partial charge on any atom is -0.492 e. The Morgan fingerprint density at radius 3 is 2.93 bits per heavy atom. The molecule has 1 aromatic carbocycles. The Morgan fingerprint density at radius 2 is 2.19 bits per heavy atom. The van der Waals surface area contributed by atoms with E-state index in [1.807, 2.05) is 32.9 Å². The summed E-state index contributed by atoms with van der Waals surface area (Å²) in [4.78, 5) is 28.3. The number of anilines is 1. The number of fused-ring (bicyclic) bond motifs is 2. The van der Waals surface area contributed by atoms with Gasteiger partial charge in [-0.2, -0.15) is 0 Å². The van der Waals surface area contributed by atoms with E-state index in [9.17, 15) is 9.59 Å². The van der Waals surface area contributed by atoms with Gasteiger partial charge in [0.05, 0.1) is 12.3 Å². The first-order valence-corrected chi connectivity index (χ1v) is 9.50. The van der Waals surface area contributed by atoms with Crippen LogP contribution in [0.4, 0.5) is 5.69 Å². The second-order valence-electron chi connectivity index (χ2n) is 7.23. The highest BCUT2D eigenvalue weighted by Gasteiger charge is 2.27. The van der Waals surface area contributed by atoms with Crippen molar-refractivity contribution in [1.29, 1.82) is 0 Å². The lowest BCUT2D eigenvalue weighted by Crippen LogP contribution is -2.15. The highest BCUT2D eigenvalue weighted by molar-refractivity contribution is 6.09. The number of ketones is 1. The standard InChI is InChI=1S/C21H24N2O4/c1-4-26-18-9-13-8-11(2)27-17(13)10-15(18)23-21(25)20-12(3)19-14(22-20)6-5-7-16(19)24/h9-11,22H,4-8H2,1-3H3,(H,23,25). The van der Waals surface area contributed by atoms with Crippen molar-refractivity contribution in [2.45, 2.75) is 52.6 Å². The van der Waals surface area contributed by atoms with Gasteiger partial charge >= 0.3 is 0 Å². The third-order valence-electron chi connectivity index (χ3n) is 5.21. The first-order valence-electron chi connectivity index (χ1n) is 9.50. The van der Waals surface area contributed by atoms with Gasteiger partial charge in [0.1, 0.15) is 23.3 Å². The number of hydrogen-bond donors (Lipinski definition) is 2. The molecule has 1 aromatic heterocycles. The summed E-state index contributed by atoms with van der Waals surface area (Å²) < 4.78 is 11.5. The van der Waals surface area contributed by atoms with Gasteiger partial charge in [-0.25, -0.2) is 0 Å². The third kappa shape index (κ3) is 3.09. The lowest BCUT2D eigenvalue weighted by atomic mass is 9.94. The number of aromatic amines is 1. The molecule has 0 spiro atoms. The number of H-pyrrole nitrogens is 1. The van der Waals surface area contributed by atoms with E-state index >= 15 is 0 Å². The minimum atomic E-state index is -0.276. The lowest BCUT2D eigenvalue weighted by Gasteiger charge is -2.13. The van der Waals surface area contributed by atoms with Crippen LogP contribution in [0.25, 0.3) is 0 Å². The Kier molecular flexibility index (Phi) is 4.42. The number of hydrogen-bond acceptors (Lipinski definition) is 4. The molecular weight excluding hydrogens is 344 g/mol. The number of carbonyl (C=O) groups is 2. The first kappa shape index (κ1) is 17.6. The highest BCUT2D eigenvalue weighted by Crippen LogP contribution is 2.38. The average Bonchev–Trinajstić information content (AvgIpc) is 3.15. The quantitative estimate of drug-likeness (QED) is 0.860. The Balaban J connectivity index is 1.66. The number of benzene rings is 1. The van der Waals surface area contributed by atoms with E-state index in [1.54, 1.807) is 0 Å². The van der Waals surface area contributed by atoms with Gasteiger partial charge in [-0.1, -0.05) is 0 Å². The fraction of sp³-hybridized carbons (Fsp3) is 0.429. The minimum absolute atomic E-state index is 0.110. The van der Waals surface area contributed by atoms with Gasteiger partial charge in [0.15, 0.2) is 5.78 Å². The largest absolute Gasteiger partial charge is 0.492 e. The summed E-state index contributed by atoms with van der Waals surface area (Å²) in [7, 11) is 0. The molecule has 27 heavy (non-hydrogen) atoms. The lowest BCUT2D eigenvalue weighted by molar-refractivity contribution is 0.0971. The van der Waals surface area contributed by atoms with Crippen LogP contribution in [0.1, 0.15) is 64.4 Å². The molecule has 0 bridgehead atoms. The number of rotatable bonds is 4. The van der Waals surface area contributed by atoms with Gasteiger partial charge in [-0.3, -0.25) is 9.59 Å². The first-order chi connectivity index (χ1) is 13.0. The Bertz CT molecular complexity index is 929. The molecule has 1 aliphatic carbocycles. The zero-order valence-corrected chi connectivity index (χ0v) is 15.9. The van der Waals surface area contributed by atoms with E-state index in [2.05, 4.69) is 10.3 Å². The van der Waals surface area contributed by atoms with Crippen LogP contribution < -0.4 is 14.8 Å². The van der Waals surface area contributed by atoms with Crippen LogP contribution >= 0.6 is 0 Å². The molecule has 2 heterocycles. The average molecular weight is 368 g/mol. The molecule has 2 aliphatic rings. The van der Waals surface area contributed by atoms with E-state index in [-0.39, 0.29) is 17.8 Å². The van der Waals surface area contributed by atoms with Crippen molar-refractivity contribution in [2.75, 3.05) is 11.9 Å². The Morgan fingerprint density at radius 1 is 1.37 bits per heavy atom. The predicted octanol–water partition coefficient (Wildman–Crippen LogP) is 3.82. The van der Waals surface area contributed by atoms with Crippen molar-refractivity contribution in [3.63, 3.8) is 0 Å². The zero-order valence-electron chi connectivity index (χ0n) is 15.9. The Labute approximate surface area is 158 Å². The van der Waals surface area contributed by atoms with Crippen LogP contribution in [-0.4, -0.2) is 29.4 Å². The third-order valence-corrected chi connectivity index (χ3v) is 5.21. The number of amides is 1. The Hall–Kier alpha value is -2.76. The number of carbonyl (C=O) groups excluding carboxylic acids is 2. The normalized spacial score (nSPS) is 17.9. The summed E-state index contributed by atoms with van der Waals surface area (Å²) in [6.07, 6.45) is 3.10. The molecule has 142 valence electrons. The number of nitrogens with one attached hydrogen (secondary N) is 2. The maximum Gasteiger partial charge on any atom is 0.272 e. The molecular formula is C21H24N2O4. The fourth-order valence-electron chi connectivity index (χ4n) is 4.00. The van der Waals surface area contributed by atoms with Gasteiger partial charge in [0.2, 0.25) is 0 Å². The van der Waals surface area contributed by atoms with E-state index in [0.717, 1.165) is 41.8 Å². The maximum atomic E-state index is 12.9. The van der Waals surface area contributed by atoms with Crippen LogP contribution in [0.5, 0.6) is 11.5 Å². The van der Waals surface area contributed by atoms with Gasteiger partial charge in [-0.05, 0) is 45.2 Å². The predicted molar refractivity (Wildman–Crippen MR) is 102 cm³/mol. The van der Waals surface area contributed by atoms with E-state index in [1.165, 1.54) is 0 Å². The monoisotopic (exact) mass is 368 g/mol. The molecule has 0 radical (unpaired) electrons. The molecule has 1 aliphatic heterocycles. The summed E-state index contributed by atoms with van der Waals surface area (Å²) in [6.45, 7) is 6.25. The summed E-state index contributed by atoms with van der Waals surface area (Å²) >= 11 is 0. The van der Waals surface area contributed by atoms with Crippen LogP contribution in [0.2, 0.25) is 0 Å². The smallest absolute Gasteiger partial charge is 0.272 e. The van der Waals surface area contributed by atoms with Crippen molar-refractivity contribution < 1.29 is 19.1 Å². The second-order valence-corrected chi connectivity index (χ2v) is 7.23. The molecule has 0 fully saturated rings. The van der Waals surface area contributed by atoms with Gasteiger partial charge in [0.25, 0.3) is 5.91 Å². The number of Topliss-reactive ketones (excluding diaryl/α,β-unsaturated/α-hetero) is 1.